The summed E-state index contributed by atoms with van der Waals surface area (Å²) in [6.45, 7) is 1.59. The Labute approximate surface area is 107 Å². The van der Waals surface area contributed by atoms with Gasteiger partial charge in [0, 0.05) is 24.7 Å². The summed E-state index contributed by atoms with van der Waals surface area (Å²) in [6.07, 6.45) is 4.19. The Bertz CT molecular complexity index is 382. The molecule has 0 fully saturated rings. The Kier molecular flexibility index (Phi) is 6.56. The van der Waals surface area contributed by atoms with Crippen LogP contribution in [0.5, 0.6) is 5.88 Å². The van der Waals surface area contributed by atoms with Gasteiger partial charge < -0.3 is 21.0 Å². The Morgan fingerprint density at radius 2 is 2.39 bits per heavy atom. The highest BCUT2D eigenvalue weighted by molar-refractivity contribution is 5.79. The predicted molar refractivity (Wildman–Crippen MR) is 69.8 cm³/mol. The number of nitrogens with two attached hydrogens (primary N) is 1. The Morgan fingerprint density at radius 3 is 3.11 bits per heavy atom. The van der Waals surface area contributed by atoms with Crippen LogP contribution in [0.4, 0.5) is 0 Å². The van der Waals surface area contributed by atoms with Crippen molar-refractivity contribution in [2.75, 3.05) is 13.7 Å². The number of nitrogens with zero attached hydrogens (tertiary/aromatic N) is 2. The van der Waals surface area contributed by atoms with Crippen LogP contribution in [0.1, 0.15) is 24.8 Å². The molecule has 0 aliphatic rings. The molecule has 0 saturated carbocycles. The maximum absolute atomic E-state index is 8.37. The second-order valence-corrected chi connectivity index (χ2v) is 3.90. The first-order valence-corrected chi connectivity index (χ1v) is 5.93. The molecule has 0 atom stereocenters. The van der Waals surface area contributed by atoms with Crippen molar-refractivity contribution in [2.24, 2.45) is 10.9 Å². The lowest BCUT2D eigenvalue weighted by Crippen LogP contribution is -2.17. The zero-order chi connectivity index (χ0) is 13.2. The molecule has 6 heteroatoms. The second kappa shape index (κ2) is 8.30. The number of ether oxygens (including phenoxy) is 1. The summed E-state index contributed by atoms with van der Waals surface area (Å²) in [6, 6.07) is 3.87. The number of unbranched alkanes of at least 4 members (excludes halogenated alkanes) is 1. The third-order valence-corrected chi connectivity index (χ3v) is 2.52. The van der Waals surface area contributed by atoms with Gasteiger partial charge in [-0.05, 0) is 25.5 Å². The van der Waals surface area contributed by atoms with E-state index in [0.717, 1.165) is 31.5 Å². The highest BCUT2D eigenvalue weighted by Gasteiger charge is 2.01. The van der Waals surface area contributed by atoms with Gasteiger partial charge in [-0.2, -0.15) is 0 Å². The van der Waals surface area contributed by atoms with E-state index in [4.69, 9.17) is 15.7 Å². The molecule has 1 rings (SSSR count). The lowest BCUT2D eigenvalue weighted by molar-refractivity contribution is 0.316. The number of aromatic nitrogens is 1. The van der Waals surface area contributed by atoms with Crippen LogP contribution in [0.15, 0.2) is 23.5 Å². The molecule has 0 aromatic carbocycles. The zero-order valence-corrected chi connectivity index (χ0v) is 10.6. The van der Waals surface area contributed by atoms with E-state index in [9.17, 15) is 0 Å². The molecule has 1 heterocycles. The molecule has 0 aliphatic heterocycles. The minimum absolute atomic E-state index is 0.281. The van der Waals surface area contributed by atoms with Gasteiger partial charge in [-0.15, -0.1) is 0 Å². The summed E-state index contributed by atoms with van der Waals surface area (Å²) in [7, 11) is 1.61. The van der Waals surface area contributed by atoms with E-state index in [1.54, 1.807) is 13.3 Å². The van der Waals surface area contributed by atoms with Gasteiger partial charge in [-0.25, -0.2) is 4.98 Å². The second-order valence-electron chi connectivity index (χ2n) is 3.90. The Morgan fingerprint density at radius 1 is 1.56 bits per heavy atom. The van der Waals surface area contributed by atoms with Crippen molar-refractivity contribution in [3.05, 3.63) is 23.9 Å². The summed E-state index contributed by atoms with van der Waals surface area (Å²) >= 11 is 0. The number of hydrogen-bond donors (Lipinski definition) is 3. The summed E-state index contributed by atoms with van der Waals surface area (Å²) in [4.78, 5) is 4.12. The van der Waals surface area contributed by atoms with Gasteiger partial charge in [0.15, 0.2) is 0 Å². The highest BCUT2D eigenvalue weighted by Crippen LogP contribution is 2.12. The number of amidine groups is 1. The summed E-state index contributed by atoms with van der Waals surface area (Å²) in [5.41, 5.74) is 6.41. The molecule has 0 aliphatic carbocycles. The van der Waals surface area contributed by atoms with Crippen LogP contribution in [-0.2, 0) is 6.54 Å². The van der Waals surface area contributed by atoms with Gasteiger partial charge in [0.05, 0.1) is 7.11 Å². The van der Waals surface area contributed by atoms with E-state index < -0.39 is 0 Å². The van der Waals surface area contributed by atoms with Gasteiger partial charge in [-0.1, -0.05) is 11.2 Å². The van der Waals surface area contributed by atoms with Gasteiger partial charge in [0.1, 0.15) is 5.84 Å². The van der Waals surface area contributed by atoms with Gasteiger partial charge in [0.25, 0.3) is 0 Å². The maximum atomic E-state index is 8.37. The SMILES string of the molecule is COc1ncccc1CNCCCC/C(N)=N/O. The van der Waals surface area contributed by atoms with E-state index in [2.05, 4.69) is 15.5 Å². The molecule has 0 radical (unpaired) electrons. The molecule has 18 heavy (non-hydrogen) atoms. The van der Waals surface area contributed by atoms with Crippen molar-refractivity contribution in [3.63, 3.8) is 0 Å². The fourth-order valence-electron chi connectivity index (χ4n) is 1.57. The monoisotopic (exact) mass is 252 g/mol. The standard InChI is InChI=1S/C12H20N4O2/c1-18-12-10(5-4-8-15-12)9-14-7-3-2-6-11(13)16-17/h4-5,8,14,17H,2-3,6-7,9H2,1H3,(H2,13,16). The fourth-order valence-corrected chi connectivity index (χ4v) is 1.57. The Balaban J connectivity index is 2.18. The molecule has 0 spiro atoms. The number of pyridine rings is 1. The molecular formula is C12H20N4O2. The third kappa shape index (κ3) is 5.01. The first-order valence-electron chi connectivity index (χ1n) is 5.93. The van der Waals surface area contributed by atoms with E-state index in [1.165, 1.54) is 0 Å². The lowest BCUT2D eigenvalue weighted by atomic mass is 10.2. The number of methoxy groups -OCH3 is 1. The smallest absolute Gasteiger partial charge is 0.217 e. The lowest BCUT2D eigenvalue weighted by Gasteiger charge is -2.08. The summed E-state index contributed by atoms with van der Waals surface area (Å²) in [5.74, 6) is 0.936. The Hall–Kier alpha value is -1.82. The molecule has 0 unspecified atom stereocenters. The van der Waals surface area contributed by atoms with E-state index >= 15 is 0 Å². The quantitative estimate of drug-likeness (QED) is 0.212. The van der Waals surface area contributed by atoms with Gasteiger partial charge in [-0.3, -0.25) is 0 Å². The van der Waals surface area contributed by atoms with Crippen molar-refractivity contribution in [1.29, 1.82) is 0 Å². The summed E-state index contributed by atoms with van der Waals surface area (Å²) < 4.78 is 5.16. The van der Waals surface area contributed by atoms with Crippen molar-refractivity contribution in [2.45, 2.75) is 25.8 Å². The van der Waals surface area contributed by atoms with Gasteiger partial charge >= 0.3 is 0 Å². The van der Waals surface area contributed by atoms with Crippen LogP contribution >= 0.6 is 0 Å². The minimum atomic E-state index is 0.281. The molecule has 0 saturated heterocycles. The first kappa shape index (κ1) is 14.2. The number of hydrogen-bond acceptors (Lipinski definition) is 5. The molecule has 1 aromatic rings. The topological polar surface area (TPSA) is 92.8 Å². The van der Waals surface area contributed by atoms with Crippen molar-refractivity contribution < 1.29 is 9.94 Å². The van der Waals surface area contributed by atoms with Crippen LogP contribution in [0, 0.1) is 0 Å². The highest BCUT2D eigenvalue weighted by atomic mass is 16.5. The summed E-state index contributed by atoms with van der Waals surface area (Å²) in [5, 5.41) is 14.6. The van der Waals surface area contributed by atoms with Crippen LogP contribution in [0.25, 0.3) is 0 Å². The molecule has 6 nitrogen and oxygen atoms in total. The molecule has 4 N–H and O–H groups in total. The molecule has 1 aromatic heterocycles. The van der Waals surface area contributed by atoms with Crippen molar-refractivity contribution in [1.82, 2.24) is 10.3 Å². The molecular weight excluding hydrogens is 232 g/mol. The largest absolute Gasteiger partial charge is 0.481 e. The van der Waals surface area contributed by atoms with Crippen LogP contribution in [0.3, 0.4) is 0 Å². The van der Waals surface area contributed by atoms with Crippen molar-refractivity contribution in [3.8, 4) is 5.88 Å². The number of nitrogens with one attached hydrogen (secondary N) is 1. The number of rotatable bonds is 8. The average molecular weight is 252 g/mol. The van der Waals surface area contributed by atoms with Crippen LogP contribution in [-0.4, -0.2) is 29.7 Å². The van der Waals surface area contributed by atoms with Gasteiger partial charge in [0.2, 0.25) is 5.88 Å². The molecule has 100 valence electrons. The normalized spacial score (nSPS) is 11.5. The first-order chi connectivity index (χ1) is 8.77. The van der Waals surface area contributed by atoms with E-state index in [-0.39, 0.29) is 5.84 Å². The van der Waals surface area contributed by atoms with Crippen LogP contribution in [0.2, 0.25) is 0 Å². The van der Waals surface area contributed by atoms with Crippen molar-refractivity contribution >= 4 is 5.84 Å². The predicted octanol–water partition coefficient (Wildman–Crippen LogP) is 1.10. The average Bonchev–Trinajstić information content (AvgIpc) is 2.42. The van der Waals surface area contributed by atoms with E-state index in [1.807, 2.05) is 12.1 Å². The third-order valence-electron chi connectivity index (χ3n) is 2.52. The molecule has 0 amide bonds. The van der Waals surface area contributed by atoms with Crippen LogP contribution < -0.4 is 15.8 Å². The minimum Gasteiger partial charge on any atom is -0.481 e. The number of oxime groups is 1. The van der Waals surface area contributed by atoms with E-state index in [0.29, 0.717) is 12.3 Å². The molecule has 0 bridgehead atoms. The fraction of sp³-hybridized carbons (Fsp3) is 0.500. The zero-order valence-electron chi connectivity index (χ0n) is 10.6. The maximum Gasteiger partial charge on any atom is 0.217 e.